The second kappa shape index (κ2) is 3.22. The Bertz CT molecular complexity index is 388. The van der Waals surface area contributed by atoms with E-state index in [-0.39, 0.29) is 0 Å². The van der Waals surface area contributed by atoms with Crippen molar-refractivity contribution in [2.24, 2.45) is 0 Å². The Morgan fingerprint density at radius 2 is 2.07 bits per heavy atom. The number of hydrogen-bond donors (Lipinski definition) is 1. The van der Waals surface area contributed by atoms with E-state index in [2.05, 4.69) is 0 Å². The zero-order valence-electron chi connectivity index (χ0n) is 9.16. The lowest BCUT2D eigenvalue weighted by Gasteiger charge is -2.16. The van der Waals surface area contributed by atoms with E-state index in [4.69, 9.17) is 19.9 Å². The predicted molar refractivity (Wildman–Crippen MR) is 57.4 cm³/mol. The molecule has 15 heavy (non-hydrogen) atoms. The van der Waals surface area contributed by atoms with E-state index in [1.54, 1.807) is 12.1 Å². The third-order valence-corrected chi connectivity index (χ3v) is 2.05. The van der Waals surface area contributed by atoms with Gasteiger partial charge in [0.15, 0.2) is 11.5 Å². The van der Waals surface area contributed by atoms with E-state index >= 15 is 0 Å². The number of rotatable bonds is 2. The molecule has 1 aromatic carbocycles. The van der Waals surface area contributed by atoms with Crippen LogP contribution in [0, 0.1) is 0 Å². The normalized spacial score (nSPS) is 16.5. The van der Waals surface area contributed by atoms with Crippen molar-refractivity contribution in [2.45, 2.75) is 26.6 Å². The number of anilines is 1. The fourth-order valence-corrected chi connectivity index (χ4v) is 1.57. The summed E-state index contributed by atoms with van der Waals surface area (Å²) in [6, 6.07) is 3.49. The number of fused-ring (bicyclic) bond motifs is 1. The lowest BCUT2D eigenvalue weighted by atomic mass is 10.2. The molecular weight excluding hydrogens is 194 g/mol. The maximum atomic E-state index is 5.73. The van der Waals surface area contributed by atoms with Gasteiger partial charge in [0, 0.05) is 31.7 Å². The molecule has 0 bridgehead atoms. The highest BCUT2D eigenvalue weighted by atomic mass is 16.7. The van der Waals surface area contributed by atoms with Gasteiger partial charge >= 0.3 is 0 Å². The summed E-state index contributed by atoms with van der Waals surface area (Å²) in [4.78, 5) is 0. The Hall–Kier alpha value is -1.58. The van der Waals surface area contributed by atoms with Gasteiger partial charge in [-0.25, -0.2) is 0 Å². The van der Waals surface area contributed by atoms with Crippen molar-refractivity contribution >= 4 is 5.69 Å². The van der Waals surface area contributed by atoms with Crippen LogP contribution in [0.2, 0.25) is 0 Å². The van der Waals surface area contributed by atoms with E-state index in [9.17, 15) is 0 Å². The minimum atomic E-state index is -0.651. The fourth-order valence-electron chi connectivity index (χ4n) is 1.57. The number of nitrogens with two attached hydrogens (primary N) is 1. The first-order chi connectivity index (χ1) is 7.02. The van der Waals surface area contributed by atoms with Gasteiger partial charge in [0.1, 0.15) is 0 Å². The summed E-state index contributed by atoms with van der Waals surface area (Å²) in [7, 11) is 0. The molecule has 0 spiro atoms. The fraction of sp³-hybridized carbons (Fsp3) is 0.455. The lowest BCUT2D eigenvalue weighted by Crippen LogP contribution is -2.29. The average molecular weight is 209 g/mol. The van der Waals surface area contributed by atoms with Crippen molar-refractivity contribution in [3.8, 4) is 17.2 Å². The molecule has 1 aromatic rings. The molecule has 1 aliphatic heterocycles. The van der Waals surface area contributed by atoms with Gasteiger partial charge in [0.2, 0.25) is 11.5 Å². The molecule has 0 fully saturated rings. The average Bonchev–Trinajstić information content (AvgIpc) is 2.40. The second-order valence-corrected chi connectivity index (χ2v) is 3.88. The van der Waals surface area contributed by atoms with E-state index in [1.165, 1.54) is 0 Å². The summed E-state index contributed by atoms with van der Waals surface area (Å²) in [6.07, 6.45) is 0. The molecule has 2 rings (SSSR count). The smallest absolute Gasteiger partial charge is 0.246 e. The Morgan fingerprint density at radius 1 is 1.33 bits per heavy atom. The summed E-state index contributed by atoms with van der Waals surface area (Å²) < 4.78 is 16.6. The molecule has 0 atom stereocenters. The van der Waals surface area contributed by atoms with Gasteiger partial charge in [-0.2, -0.15) is 0 Å². The number of benzene rings is 1. The molecule has 4 heteroatoms. The van der Waals surface area contributed by atoms with Crippen molar-refractivity contribution in [3.63, 3.8) is 0 Å². The maximum absolute atomic E-state index is 5.73. The number of nitrogen functional groups attached to an aromatic ring is 1. The molecule has 1 heterocycles. The molecule has 2 N–H and O–H groups in total. The zero-order chi connectivity index (χ0) is 11.1. The van der Waals surface area contributed by atoms with Crippen LogP contribution < -0.4 is 19.9 Å². The Morgan fingerprint density at radius 3 is 2.73 bits per heavy atom. The Labute approximate surface area is 88.9 Å². The molecule has 0 saturated heterocycles. The minimum absolute atomic E-state index is 0.569. The van der Waals surface area contributed by atoms with E-state index < -0.39 is 5.79 Å². The summed E-state index contributed by atoms with van der Waals surface area (Å²) in [5.41, 5.74) is 6.34. The number of hydrogen-bond acceptors (Lipinski definition) is 4. The van der Waals surface area contributed by atoms with E-state index in [0.29, 0.717) is 29.5 Å². The van der Waals surface area contributed by atoms with Gasteiger partial charge in [0.05, 0.1) is 6.61 Å². The van der Waals surface area contributed by atoms with Gasteiger partial charge in [0.25, 0.3) is 0 Å². The van der Waals surface area contributed by atoms with E-state index in [1.807, 2.05) is 20.8 Å². The molecule has 0 aromatic heterocycles. The van der Waals surface area contributed by atoms with Gasteiger partial charge in [-0.05, 0) is 6.92 Å². The van der Waals surface area contributed by atoms with Crippen LogP contribution in [-0.2, 0) is 0 Å². The zero-order valence-corrected chi connectivity index (χ0v) is 9.16. The molecule has 1 aliphatic rings. The van der Waals surface area contributed by atoms with E-state index in [0.717, 1.165) is 0 Å². The monoisotopic (exact) mass is 209 g/mol. The topological polar surface area (TPSA) is 53.7 Å². The highest BCUT2D eigenvalue weighted by Crippen LogP contribution is 2.47. The third kappa shape index (κ3) is 1.79. The summed E-state index contributed by atoms with van der Waals surface area (Å²) in [5.74, 6) is 1.26. The summed E-state index contributed by atoms with van der Waals surface area (Å²) in [5, 5.41) is 0. The van der Waals surface area contributed by atoms with Gasteiger partial charge in [-0.3, -0.25) is 0 Å². The van der Waals surface area contributed by atoms with Gasteiger partial charge in [-0.1, -0.05) is 0 Å². The Kier molecular flexibility index (Phi) is 2.14. The van der Waals surface area contributed by atoms with Crippen LogP contribution in [0.25, 0.3) is 0 Å². The molecule has 0 amide bonds. The first-order valence-corrected chi connectivity index (χ1v) is 4.96. The molecule has 0 saturated carbocycles. The molecule has 82 valence electrons. The van der Waals surface area contributed by atoms with Crippen LogP contribution in [-0.4, -0.2) is 12.4 Å². The van der Waals surface area contributed by atoms with Crippen LogP contribution in [0.5, 0.6) is 17.2 Å². The first-order valence-electron chi connectivity index (χ1n) is 4.96. The van der Waals surface area contributed by atoms with Crippen LogP contribution in [0.15, 0.2) is 12.1 Å². The largest absolute Gasteiger partial charge is 0.490 e. The molecular formula is C11H15NO3. The van der Waals surface area contributed by atoms with Gasteiger partial charge in [-0.15, -0.1) is 0 Å². The highest BCUT2D eigenvalue weighted by Gasteiger charge is 2.34. The van der Waals surface area contributed by atoms with Crippen molar-refractivity contribution in [1.82, 2.24) is 0 Å². The molecule has 0 aliphatic carbocycles. The minimum Gasteiger partial charge on any atom is -0.490 e. The summed E-state index contributed by atoms with van der Waals surface area (Å²) in [6.45, 7) is 6.17. The number of ether oxygens (including phenoxy) is 3. The van der Waals surface area contributed by atoms with Crippen molar-refractivity contribution < 1.29 is 14.2 Å². The standard InChI is InChI=1S/C11H15NO3/c1-4-13-8-5-7(12)6-9-10(8)15-11(2,3)14-9/h5-6H,4,12H2,1-3H3. The van der Waals surface area contributed by atoms with Crippen LogP contribution in [0.3, 0.4) is 0 Å². The van der Waals surface area contributed by atoms with Crippen LogP contribution in [0.4, 0.5) is 5.69 Å². The van der Waals surface area contributed by atoms with Crippen LogP contribution in [0.1, 0.15) is 20.8 Å². The van der Waals surface area contributed by atoms with Crippen molar-refractivity contribution in [2.75, 3.05) is 12.3 Å². The Balaban J connectivity index is 2.43. The predicted octanol–water partition coefficient (Wildman–Crippen LogP) is 2.17. The van der Waals surface area contributed by atoms with Gasteiger partial charge < -0.3 is 19.9 Å². The second-order valence-electron chi connectivity index (χ2n) is 3.88. The van der Waals surface area contributed by atoms with Crippen LogP contribution >= 0.6 is 0 Å². The molecule has 0 radical (unpaired) electrons. The SMILES string of the molecule is CCOc1cc(N)cc2c1OC(C)(C)O2. The third-order valence-electron chi connectivity index (χ3n) is 2.05. The van der Waals surface area contributed by atoms with Crippen molar-refractivity contribution in [1.29, 1.82) is 0 Å². The first kappa shape index (κ1) is 9.96. The highest BCUT2D eigenvalue weighted by molar-refractivity contribution is 5.62. The molecule has 0 unspecified atom stereocenters. The van der Waals surface area contributed by atoms with Crippen molar-refractivity contribution in [3.05, 3.63) is 12.1 Å². The molecule has 4 nitrogen and oxygen atoms in total. The maximum Gasteiger partial charge on any atom is 0.246 e. The quantitative estimate of drug-likeness (QED) is 0.758. The summed E-state index contributed by atoms with van der Waals surface area (Å²) >= 11 is 0. The lowest BCUT2D eigenvalue weighted by molar-refractivity contribution is -0.0440.